The molecule has 0 spiro atoms. The quantitative estimate of drug-likeness (QED) is 0.482. The van der Waals surface area contributed by atoms with E-state index in [1.165, 1.54) is 5.56 Å². The molecule has 0 aliphatic rings. The molecule has 1 unspecified atom stereocenters. The van der Waals surface area contributed by atoms with E-state index >= 15 is 0 Å². The number of ether oxygens (including phenoxy) is 1. The largest absolute Gasteiger partial charge is 0.483 e. The van der Waals surface area contributed by atoms with E-state index in [-0.39, 0.29) is 18.4 Å². The summed E-state index contributed by atoms with van der Waals surface area (Å²) in [5.41, 5.74) is 3.29. The van der Waals surface area contributed by atoms with Crippen LogP contribution in [0.3, 0.4) is 0 Å². The summed E-state index contributed by atoms with van der Waals surface area (Å²) in [5, 5.41) is 2.93. The van der Waals surface area contributed by atoms with Crippen molar-refractivity contribution in [1.29, 1.82) is 0 Å². The Morgan fingerprint density at radius 1 is 1.10 bits per heavy atom. The highest BCUT2D eigenvalue weighted by Gasteiger charge is 2.28. The number of amides is 2. The zero-order chi connectivity index (χ0) is 22.8. The van der Waals surface area contributed by atoms with Gasteiger partial charge < -0.3 is 15.0 Å². The highest BCUT2D eigenvalue weighted by atomic mass is 79.9. The van der Waals surface area contributed by atoms with Crippen molar-refractivity contribution in [3.05, 3.63) is 63.6 Å². The van der Waals surface area contributed by atoms with Crippen molar-refractivity contribution >= 4 is 27.7 Å². The van der Waals surface area contributed by atoms with Crippen LogP contribution in [-0.4, -0.2) is 35.9 Å². The monoisotopic (exact) mass is 488 g/mol. The summed E-state index contributed by atoms with van der Waals surface area (Å²) in [6.45, 7) is 8.85. The lowest BCUT2D eigenvalue weighted by Crippen LogP contribution is -2.50. The van der Waals surface area contributed by atoms with E-state index in [0.29, 0.717) is 25.3 Å². The van der Waals surface area contributed by atoms with Crippen LogP contribution in [0, 0.1) is 6.92 Å². The Balaban J connectivity index is 2.21. The Kier molecular flexibility index (Phi) is 10.0. The molecule has 2 aromatic carbocycles. The van der Waals surface area contributed by atoms with Crippen molar-refractivity contribution in [2.45, 2.75) is 59.5 Å². The lowest BCUT2D eigenvalue weighted by Gasteiger charge is -2.30. The van der Waals surface area contributed by atoms with Gasteiger partial charge in [-0.15, -0.1) is 0 Å². The molecule has 0 heterocycles. The molecule has 2 amide bonds. The molecule has 2 aromatic rings. The molecule has 6 heteroatoms. The Morgan fingerprint density at radius 3 is 2.48 bits per heavy atom. The van der Waals surface area contributed by atoms with Crippen LogP contribution >= 0.6 is 15.9 Å². The Morgan fingerprint density at radius 2 is 1.87 bits per heavy atom. The van der Waals surface area contributed by atoms with Crippen molar-refractivity contribution in [2.24, 2.45) is 0 Å². The topological polar surface area (TPSA) is 58.6 Å². The zero-order valence-corrected chi connectivity index (χ0v) is 20.5. The van der Waals surface area contributed by atoms with E-state index in [4.69, 9.17) is 4.74 Å². The number of carbonyl (C=O) groups excluding carboxylic acids is 2. The maximum atomic E-state index is 13.2. The van der Waals surface area contributed by atoms with Crippen LogP contribution in [0.2, 0.25) is 0 Å². The van der Waals surface area contributed by atoms with Gasteiger partial charge in [0.1, 0.15) is 11.8 Å². The van der Waals surface area contributed by atoms with Crippen molar-refractivity contribution < 1.29 is 14.3 Å². The molecule has 31 heavy (non-hydrogen) atoms. The second-order valence-corrected chi connectivity index (χ2v) is 8.49. The normalized spacial score (nSPS) is 11.6. The molecule has 2 rings (SSSR count). The third kappa shape index (κ3) is 7.39. The zero-order valence-electron chi connectivity index (χ0n) is 18.9. The number of carbonyl (C=O) groups is 2. The van der Waals surface area contributed by atoms with Crippen LogP contribution in [0.5, 0.6) is 5.75 Å². The summed E-state index contributed by atoms with van der Waals surface area (Å²) in [4.78, 5) is 27.6. The van der Waals surface area contributed by atoms with Crippen molar-refractivity contribution in [1.82, 2.24) is 10.2 Å². The number of rotatable bonds is 11. The summed E-state index contributed by atoms with van der Waals surface area (Å²) in [6.07, 6.45) is 2.30. The molecule has 0 saturated carbocycles. The molecular weight excluding hydrogens is 456 g/mol. The molecule has 1 atom stereocenters. The van der Waals surface area contributed by atoms with Crippen LogP contribution in [0.15, 0.2) is 46.9 Å². The summed E-state index contributed by atoms with van der Waals surface area (Å²) < 4.78 is 6.64. The fourth-order valence-corrected chi connectivity index (χ4v) is 3.94. The highest BCUT2D eigenvalue weighted by Crippen LogP contribution is 2.26. The van der Waals surface area contributed by atoms with Crippen LogP contribution in [0.25, 0.3) is 0 Å². The van der Waals surface area contributed by atoms with Gasteiger partial charge in [-0.2, -0.15) is 0 Å². The van der Waals surface area contributed by atoms with E-state index < -0.39 is 6.04 Å². The van der Waals surface area contributed by atoms with Gasteiger partial charge in [0.05, 0.1) is 4.47 Å². The average Bonchev–Trinajstić information content (AvgIpc) is 2.76. The standard InChI is InChI=1S/C25H33BrN2O3/c1-5-13-27-25(30)22(7-3)28(16-20-10-8-9-18(4)14-20)24(29)17-31-23-12-11-19(6-2)15-21(23)26/h8-12,14-15,22H,5-7,13,16-17H2,1-4H3,(H,27,30). The van der Waals surface area contributed by atoms with Gasteiger partial charge >= 0.3 is 0 Å². The first-order valence-electron chi connectivity index (χ1n) is 10.9. The average molecular weight is 489 g/mol. The fourth-order valence-electron chi connectivity index (χ4n) is 3.40. The van der Waals surface area contributed by atoms with Gasteiger partial charge in [0, 0.05) is 13.1 Å². The van der Waals surface area contributed by atoms with E-state index in [2.05, 4.69) is 28.2 Å². The highest BCUT2D eigenvalue weighted by molar-refractivity contribution is 9.10. The molecule has 0 aromatic heterocycles. The number of nitrogens with zero attached hydrogens (tertiary/aromatic N) is 1. The summed E-state index contributed by atoms with van der Waals surface area (Å²) >= 11 is 3.52. The number of aryl methyl sites for hydroxylation is 2. The van der Waals surface area contributed by atoms with Crippen LogP contribution < -0.4 is 10.1 Å². The second-order valence-electron chi connectivity index (χ2n) is 7.63. The molecule has 0 aliphatic carbocycles. The Hall–Kier alpha value is -2.34. The molecule has 168 valence electrons. The first kappa shape index (κ1) is 24.9. The molecule has 1 N–H and O–H groups in total. The summed E-state index contributed by atoms with van der Waals surface area (Å²) in [6, 6.07) is 13.3. The lowest BCUT2D eigenvalue weighted by molar-refractivity contribution is -0.143. The minimum absolute atomic E-state index is 0.126. The number of nitrogens with one attached hydrogen (secondary N) is 1. The minimum Gasteiger partial charge on any atom is -0.483 e. The van der Waals surface area contributed by atoms with Gasteiger partial charge in [0.25, 0.3) is 5.91 Å². The molecule has 0 bridgehead atoms. The molecule has 0 saturated heterocycles. The van der Waals surface area contributed by atoms with Gasteiger partial charge in [-0.05, 0) is 65.4 Å². The van der Waals surface area contributed by atoms with Gasteiger partial charge in [-0.25, -0.2) is 0 Å². The molecule has 0 aliphatic heterocycles. The smallest absolute Gasteiger partial charge is 0.261 e. The predicted molar refractivity (Wildman–Crippen MR) is 128 cm³/mol. The van der Waals surface area contributed by atoms with Gasteiger partial charge in [-0.3, -0.25) is 9.59 Å². The molecule has 0 fully saturated rings. The molecule has 5 nitrogen and oxygen atoms in total. The first-order valence-corrected chi connectivity index (χ1v) is 11.7. The van der Waals surface area contributed by atoms with Crippen LogP contribution in [0.1, 0.15) is 50.3 Å². The fraction of sp³-hybridized carbons (Fsp3) is 0.440. The first-order chi connectivity index (χ1) is 14.9. The van der Waals surface area contributed by atoms with E-state index in [9.17, 15) is 9.59 Å². The third-order valence-electron chi connectivity index (χ3n) is 5.13. The number of benzene rings is 2. The molecule has 0 radical (unpaired) electrons. The van der Waals surface area contributed by atoms with Crippen LogP contribution in [-0.2, 0) is 22.6 Å². The van der Waals surface area contributed by atoms with Gasteiger partial charge in [0.2, 0.25) is 5.91 Å². The lowest BCUT2D eigenvalue weighted by atomic mass is 10.1. The van der Waals surface area contributed by atoms with E-state index in [1.807, 2.05) is 63.2 Å². The number of hydrogen-bond acceptors (Lipinski definition) is 3. The number of halogens is 1. The third-order valence-corrected chi connectivity index (χ3v) is 5.75. The summed E-state index contributed by atoms with van der Waals surface area (Å²) in [5.74, 6) is 0.273. The van der Waals surface area contributed by atoms with E-state index in [1.54, 1.807) is 4.90 Å². The Bertz CT molecular complexity index is 885. The predicted octanol–water partition coefficient (Wildman–Crippen LogP) is 5.03. The van der Waals surface area contributed by atoms with E-state index in [0.717, 1.165) is 28.4 Å². The van der Waals surface area contributed by atoms with Gasteiger partial charge in [-0.1, -0.05) is 56.7 Å². The minimum atomic E-state index is -0.547. The van der Waals surface area contributed by atoms with Crippen LogP contribution in [0.4, 0.5) is 0 Å². The maximum Gasteiger partial charge on any atom is 0.261 e. The van der Waals surface area contributed by atoms with Crippen molar-refractivity contribution in [2.75, 3.05) is 13.2 Å². The SMILES string of the molecule is CCCNC(=O)C(CC)N(Cc1cccc(C)c1)C(=O)COc1ccc(CC)cc1Br. The second kappa shape index (κ2) is 12.5. The number of hydrogen-bond donors (Lipinski definition) is 1. The summed E-state index contributed by atoms with van der Waals surface area (Å²) in [7, 11) is 0. The van der Waals surface area contributed by atoms with Crippen molar-refractivity contribution in [3.8, 4) is 5.75 Å². The van der Waals surface area contributed by atoms with Crippen molar-refractivity contribution in [3.63, 3.8) is 0 Å². The van der Waals surface area contributed by atoms with Gasteiger partial charge in [0.15, 0.2) is 6.61 Å². The maximum absolute atomic E-state index is 13.2. The Labute approximate surface area is 194 Å². The molecular formula is C25H33BrN2O3.